The average molecular weight is 580 g/mol. The number of anilines is 1. The highest BCUT2D eigenvalue weighted by Crippen LogP contribution is 2.28. The Balaban J connectivity index is 1.56. The van der Waals surface area contributed by atoms with E-state index in [2.05, 4.69) is 26.3 Å². The summed E-state index contributed by atoms with van der Waals surface area (Å²) in [5, 5.41) is 10.2. The van der Waals surface area contributed by atoms with Crippen LogP contribution in [0.25, 0.3) is 0 Å². The third-order valence-corrected chi connectivity index (χ3v) is 6.70. The summed E-state index contributed by atoms with van der Waals surface area (Å²) in [7, 11) is 0. The normalized spacial score (nSPS) is 17.8. The number of nitrogens with one attached hydrogen (secondary N) is 4. The molecule has 1 aromatic carbocycles. The SMILES string of the molecule is O=C(NC1CC1)C(=O)C(C[C@@H]1CCCNC1=O)NC(=O)c1cc(Cl)ccc1NC(=O)c1ccnc(C(F)(F)F)c1. The van der Waals surface area contributed by atoms with E-state index < -0.39 is 47.3 Å². The molecule has 1 unspecified atom stereocenters. The Morgan fingerprint density at radius 2 is 1.82 bits per heavy atom. The number of alkyl halides is 3. The van der Waals surface area contributed by atoms with Crippen molar-refractivity contribution in [1.82, 2.24) is 20.9 Å². The number of hydrogen-bond donors (Lipinski definition) is 4. The molecule has 2 aliphatic rings. The van der Waals surface area contributed by atoms with Crippen LogP contribution in [0.4, 0.5) is 18.9 Å². The van der Waals surface area contributed by atoms with E-state index in [1.54, 1.807) is 0 Å². The molecule has 2 aromatic rings. The van der Waals surface area contributed by atoms with E-state index in [9.17, 15) is 37.1 Å². The molecule has 0 bridgehead atoms. The number of hydrogen-bond acceptors (Lipinski definition) is 6. The molecule has 40 heavy (non-hydrogen) atoms. The topological polar surface area (TPSA) is 146 Å². The quantitative estimate of drug-likeness (QED) is 0.336. The van der Waals surface area contributed by atoms with Crippen LogP contribution in [0.1, 0.15) is 58.5 Å². The number of benzene rings is 1. The fourth-order valence-electron chi connectivity index (χ4n) is 4.19. The summed E-state index contributed by atoms with van der Waals surface area (Å²) in [6.45, 7) is 0.482. The Hall–Kier alpha value is -4.00. The van der Waals surface area contributed by atoms with E-state index in [-0.39, 0.29) is 40.2 Å². The van der Waals surface area contributed by atoms with Gasteiger partial charge in [0.1, 0.15) is 5.69 Å². The number of carbonyl (C=O) groups excluding carboxylic acids is 5. The second kappa shape index (κ2) is 12.0. The fourth-order valence-corrected chi connectivity index (χ4v) is 4.36. The van der Waals surface area contributed by atoms with Crippen molar-refractivity contribution >= 4 is 46.7 Å². The van der Waals surface area contributed by atoms with Gasteiger partial charge in [0.25, 0.3) is 17.7 Å². The van der Waals surface area contributed by atoms with Gasteiger partial charge in [-0.15, -0.1) is 0 Å². The molecule has 1 aliphatic heterocycles. The summed E-state index contributed by atoms with van der Waals surface area (Å²) >= 11 is 6.06. The number of piperidine rings is 1. The van der Waals surface area contributed by atoms with Gasteiger partial charge in [0.15, 0.2) is 0 Å². The predicted molar refractivity (Wildman–Crippen MR) is 136 cm³/mol. The molecule has 1 saturated carbocycles. The standard InChI is InChI=1S/C26H25ClF3N5O5/c27-15-3-6-18(34-23(38)14-7-9-31-20(11-14)26(28,29)30)17(12-15)24(39)35-19(10-13-2-1-8-32-22(13)37)21(36)25(40)33-16-4-5-16/h3,6-7,9,11-13,16,19H,1-2,4-5,8,10H2,(H,32,37)(H,33,40)(H,34,38)(H,35,39)/t13-,19?/m0/s1. The maximum absolute atomic E-state index is 13.4. The minimum atomic E-state index is -4.77. The van der Waals surface area contributed by atoms with Crippen molar-refractivity contribution in [2.24, 2.45) is 5.92 Å². The number of pyridine rings is 1. The predicted octanol–water partition coefficient (Wildman–Crippen LogP) is 2.87. The Morgan fingerprint density at radius 1 is 1.07 bits per heavy atom. The molecule has 2 fully saturated rings. The van der Waals surface area contributed by atoms with Gasteiger partial charge in [0.05, 0.1) is 17.3 Å². The Bertz CT molecular complexity index is 1350. The lowest BCUT2D eigenvalue weighted by Gasteiger charge is -2.26. The van der Waals surface area contributed by atoms with Crippen molar-refractivity contribution in [3.63, 3.8) is 0 Å². The number of ketones is 1. The van der Waals surface area contributed by atoms with Gasteiger partial charge < -0.3 is 21.3 Å². The molecule has 4 amide bonds. The number of Topliss-reactive ketones (excluding diaryl/α,β-unsaturated/α-hetero) is 1. The molecular formula is C26H25ClF3N5O5. The monoisotopic (exact) mass is 579 g/mol. The molecule has 14 heteroatoms. The van der Waals surface area contributed by atoms with Crippen molar-refractivity contribution in [3.8, 4) is 0 Å². The summed E-state index contributed by atoms with van der Waals surface area (Å²) in [5.74, 6) is -4.58. The van der Waals surface area contributed by atoms with Gasteiger partial charge in [-0.1, -0.05) is 11.6 Å². The Morgan fingerprint density at radius 3 is 2.50 bits per heavy atom. The van der Waals surface area contributed by atoms with Crippen molar-refractivity contribution in [1.29, 1.82) is 0 Å². The summed E-state index contributed by atoms with van der Waals surface area (Å²) in [5.41, 5.74) is -1.95. The minimum absolute atomic E-state index is 0.0902. The van der Waals surface area contributed by atoms with Crippen molar-refractivity contribution in [2.45, 2.75) is 50.4 Å². The van der Waals surface area contributed by atoms with E-state index >= 15 is 0 Å². The molecule has 0 spiro atoms. The number of amides is 4. The first-order valence-corrected chi connectivity index (χ1v) is 12.9. The first kappa shape index (κ1) is 29.0. The van der Waals surface area contributed by atoms with Gasteiger partial charge in [-0.2, -0.15) is 13.2 Å². The third-order valence-electron chi connectivity index (χ3n) is 6.46. The van der Waals surface area contributed by atoms with Crippen LogP contribution >= 0.6 is 11.6 Å². The van der Waals surface area contributed by atoms with Crippen LogP contribution in [0.15, 0.2) is 36.5 Å². The van der Waals surface area contributed by atoms with Crippen LogP contribution < -0.4 is 21.3 Å². The average Bonchev–Trinajstić information content (AvgIpc) is 3.73. The van der Waals surface area contributed by atoms with Crippen molar-refractivity contribution in [2.75, 3.05) is 11.9 Å². The number of nitrogens with zero attached hydrogens (tertiary/aromatic N) is 1. The summed E-state index contributed by atoms with van der Waals surface area (Å²) in [6.07, 6.45) is -1.49. The van der Waals surface area contributed by atoms with Crippen LogP contribution in [-0.2, 0) is 20.6 Å². The third kappa shape index (κ3) is 7.34. The lowest BCUT2D eigenvalue weighted by Crippen LogP contribution is -2.50. The van der Waals surface area contributed by atoms with E-state index in [4.69, 9.17) is 11.6 Å². The summed E-state index contributed by atoms with van der Waals surface area (Å²) in [6, 6.07) is 3.96. The number of rotatable bonds is 9. The number of carbonyl (C=O) groups is 5. The Kier molecular flexibility index (Phi) is 8.72. The van der Waals surface area contributed by atoms with Crippen LogP contribution in [0.2, 0.25) is 5.02 Å². The summed E-state index contributed by atoms with van der Waals surface area (Å²) < 4.78 is 39.1. The maximum atomic E-state index is 13.4. The lowest BCUT2D eigenvalue weighted by molar-refractivity contribution is -0.141. The van der Waals surface area contributed by atoms with E-state index in [1.807, 2.05) is 0 Å². The van der Waals surface area contributed by atoms with Gasteiger partial charge in [-0.25, -0.2) is 0 Å². The fraction of sp³-hybridized carbons (Fsp3) is 0.385. The van der Waals surface area contributed by atoms with E-state index in [1.165, 1.54) is 18.2 Å². The molecule has 1 aromatic heterocycles. The number of halogens is 4. The van der Waals surface area contributed by atoms with E-state index in [0.29, 0.717) is 25.5 Å². The summed E-state index contributed by atoms with van der Waals surface area (Å²) in [4.78, 5) is 67.2. The molecule has 212 valence electrons. The molecule has 2 atom stereocenters. The lowest BCUT2D eigenvalue weighted by atomic mass is 9.89. The molecule has 4 N–H and O–H groups in total. The molecule has 1 aliphatic carbocycles. The highest BCUT2D eigenvalue weighted by Gasteiger charge is 2.36. The highest BCUT2D eigenvalue weighted by atomic mass is 35.5. The molecule has 2 heterocycles. The Labute approximate surface area is 231 Å². The molecule has 0 radical (unpaired) electrons. The van der Waals surface area contributed by atoms with Gasteiger partial charge in [-0.3, -0.25) is 29.0 Å². The molecule has 1 saturated heterocycles. The molecule has 10 nitrogen and oxygen atoms in total. The zero-order chi connectivity index (χ0) is 29.0. The van der Waals surface area contributed by atoms with Gasteiger partial charge in [-0.05, 0) is 62.4 Å². The molecular weight excluding hydrogens is 555 g/mol. The highest BCUT2D eigenvalue weighted by molar-refractivity contribution is 6.38. The second-order valence-corrected chi connectivity index (χ2v) is 10.0. The number of aromatic nitrogens is 1. The van der Waals surface area contributed by atoms with E-state index in [0.717, 1.165) is 25.1 Å². The largest absolute Gasteiger partial charge is 0.433 e. The van der Waals surface area contributed by atoms with Crippen LogP contribution in [-0.4, -0.2) is 53.0 Å². The van der Waals surface area contributed by atoms with Gasteiger partial charge >= 0.3 is 6.18 Å². The second-order valence-electron chi connectivity index (χ2n) is 9.58. The van der Waals surface area contributed by atoms with Crippen molar-refractivity contribution < 1.29 is 37.1 Å². The van der Waals surface area contributed by atoms with Crippen LogP contribution in [0, 0.1) is 5.92 Å². The minimum Gasteiger partial charge on any atom is -0.356 e. The van der Waals surface area contributed by atoms with Gasteiger partial charge in [0.2, 0.25) is 11.7 Å². The van der Waals surface area contributed by atoms with Crippen LogP contribution in [0.5, 0.6) is 0 Å². The molecule has 4 rings (SSSR count). The van der Waals surface area contributed by atoms with Crippen molar-refractivity contribution in [3.05, 3.63) is 58.4 Å². The smallest absolute Gasteiger partial charge is 0.356 e. The first-order valence-electron chi connectivity index (χ1n) is 12.5. The first-order chi connectivity index (χ1) is 18.9. The maximum Gasteiger partial charge on any atom is 0.433 e. The van der Waals surface area contributed by atoms with Gasteiger partial charge in [0, 0.05) is 35.3 Å². The van der Waals surface area contributed by atoms with Crippen LogP contribution in [0.3, 0.4) is 0 Å². The zero-order valence-electron chi connectivity index (χ0n) is 20.9. The zero-order valence-corrected chi connectivity index (χ0v) is 21.7.